The summed E-state index contributed by atoms with van der Waals surface area (Å²) in [6.07, 6.45) is 0. The van der Waals surface area contributed by atoms with Crippen molar-refractivity contribution >= 4 is 11.3 Å². The number of aryl methyl sites for hydroxylation is 1. The predicted octanol–water partition coefficient (Wildman–Crippen LogP) is 3.35. The Morgan fingerprint density at radius 1 is 1.24 bits per heavy atom. The molecule has 2 N–H and O–H groups in total. The van der Waals surface area contributed by atoms with E-state index in [1.165, 1.54) is 11.1 Å². The van der Waals surface area contributed by atoms with E-state index in [1.54, 1.807) is 11.3 Å². The lowest BCUT2D eigenvalue weighted by Gasteiger charge is -2.18. The fraction of sp³-hybridized carbons (Fsp3) is 0.357. The summed E-state index contributed by atoms with van der Waals surface area (Å²) in [6, 6.07) is 8.46. The summed E-state index contributed by atoms with van der Waals surface area (Å²) in [4.78, 5) is 4.69. The van der Waals surface area contributed by atoms with Crippen LogP contribution in [0.2, 0.25) is 0 Å². The summed E-state index contributed by atoms with van der Waals surface area (Å²) in [5, 5.41) is 3.22. The highest BCUT2D eigenvalue weighted by Crippen LogP contribution is 2.29. The van der Waals surface area contributed by atoms with Crippen molar-refractivity contribution in [3.05, 3.63) is 40.2 Å². The van der Waals surface area contributed by atoms with Gasteiger partial charge in [-0.1, -0.05) is 43.7 Å². The molecule has 0 aliphatic heterocycles. The van der Waals surface area contributed by atoms with Crippen LogP contribution in [0.25, 0.3) is 11.3 Å². The molecule has 0 saturated heterocycles. The number of rotatable bonds is 3. The molecule has 2 rings (SSSR count). The van der Waals surface area contributed by atoms with Gasteiger partial charge in [0.1, 0.15) is 5.01 Å². The zero-order valence-corrected chi connectivity index (χ0v) is 11.3. The lowest BCUT2D eigenvalue weighted by atomic mass is 9.95. The molecule has 0 aliphatic rings. The van der Waals surface area contributed by atoms with Gasteiger partial charge >= 0.3 is 0 Å². The number of hydrogen-bond donors (Lipinski definition) is 1. The van der Waals surface area contributed by atoms with Crippen molar-refractivity contribution in [1.29, 1.82) is 0 Å². The summed E-state index contributed by atoms with van der Waals surface area (Å²) in [6.45, 7) is 6.97. The minimum absolute atomic E-state index is 0.0341. The molecule has 1 aromatic carbocycles. The van der Waals surface area contributed by atoms with E-state index in [4.69, 9.17) is 10.7 Å². The Morgan fingerprint density at radius 2 is 1.88 bits per heavy atom. The molecule has 2 nitrogen and oxygen atoms in total. The third kappa shape index (κ3) is 2.56. The van der Waals surface area contributed by atoms with Crippen LogP contribution in [0, 0.1) is 6.92 Å². The predicted molar refractivity (Wildman–Crippen MR) is 74.4 cm³/mol. The van der Waals surface area contributed by atoms with Gasteiger partial charge in [-0.15, -0.1) is 11.3 Å². The molecular formula is C14H18N2S. The lowest BCUT2D eigenvalue weighted by Crippen LogP contribution is -2.27. The van der Waals surface area contributed by atoms with E-state index in [-0.39, 0.29) is 5.41 Å². The molecule has 0 amide bonds. The maximum absolute atomic E-state index is 5.77. The Kier molecular flexibility index (Phi) is 3.31. The van der Waals surface area contributed by atoms with Crippen LogP contribution in [0.3, 0.4) is 0 Å². The molecule has 0 spiro atoms. The van der Waals surface area contributed by atoms with Crippen LogP contribution in [-0.4, -0.2) is 11.5 Å². The molecule has 3 heteroatoms. The maximum Gasteiger partial charge on any atom is 0.100 e. The SMILES string of the molecule is Cc1ccc(-c2csc(C(C)(C)CN)n2)cc1. The van der Waals surface area contributed by atoms with E-state index >= 15 is 0 Å². The molecule has 90 valence electrons. The number of benzene rings is 1. The summed E-state index contributed by atoms with van der Waals surface area (Å²) in [5.41, 5.74) is 9.23. The van der Waals surface area contributed by atoms with Gasteiger partial charge in [0, 0.05) is 22.9 Å². The van der Waals surface area contributed by atoms with Gasteiger partial charge in [0.15, 0.2) is 0 Å². The van der Waals surface area contributed by atoms with Gasteiger partial charge in [0.2, 0.25) is 0 Å². The van der Waals surface area contributed by atoms with Gasteiger partial charge in [-0.2, -0.15) is 0 Å². The van der Waals surface area contributed by atoms with Gasteiger partial charge in [0.05, 0.1) is 5.69 Å². The zero-order chi connectivity index (χ0) is 12.5. The minimum atomic E-state index is -0.0341. The van der Waals surface area contributed by atoms with E-state index < -0.39 is 0 Å². The number of nitrogens with zero attached hydrogens (tertiary/aromatic N) is 1. The van der Waals surface area contributed by atoms with Crippen molar-refractivity contribution in [2.45, 2.75) is 26.2 Å². The van der Waals surface area contributed by atoms with Crippen molar-refractivity contribution in [1.82, 2.24) is 4.98 Å². The van der Waals surface area contributed by atoms with Crippen LogP contribution in [0.4, 0.5) is 0 Å². The van der Waals surface area contributed by atoms with Gasteiger partial charge in [-0.25, -0.2) is 4.98 Å². The maximum atomic E-state index is 5.77. The topological polar surface area (TPSA) is 38.9 Å². The average Bonchev–Trinajstić information content (AvgIpc) is 2.80. The largest absolute Gasteiger partial charge is 0.330 e. The van der Waals surface area contributed by atoms with E-state index in [0.29, 0.717) is 6.54 Å². The average molecular weight is 246 g/mol. The first-order valence-electron chi connectivity index (χ1n) is 5.76. The standard InChI is InChI=1S/C14H18N2S/c1-10-4-6-11(7-5-10)12-8-17-13(16-12)14(2,3)9-15/h4-8H,9,15H2,1-3H3. The first kappa shape index (κ1) is 12.3. The Morgan fingerprint density at radius 3 is 2.47 bits per heavy atom. The molecule has 0 saturated carbocycles. The summed E-state index contributed by atoms with van der Waals surface area (Å²) in [7, 11) is 0. The van der Waals surface area contributed by atoms with Crippen LogP contribution >= 0.6 is 11.3 Å². The normalized spacial score (nSPS) is 11.8. The van der Waals surface area contributed by atoms with Crippen molar-refractivity contribution in [3.8, 4) is 11.3 Å². The highest BCUT2D eigenvalue weighted by atomic mass is 32.1. The summed E-state index contributed by atoms with van der Waals surface area (Å²) < 4.78 is 0. The third-order valence-corrected chi connectivity index (χ3v) is 4.15. The van der Waals surface area contributed by atoms with Gasteiger partial charge in [0.25, 0.3) is 0 Å². The monoisotopic (exact) mass is 246 g/mol. The van der Waals surface area contributed by atoms with Gasteiger partial charge < -0.3 is 5.73 Å². The van der Waals surface area contributed by atoms with E-state index in [1.807, 2.05) is 0 Å². The molecule has 1 heterocycles. The van der Waals surface area contributed by atoms with Crippen LogP contribution in [-0.2, 0) is 5.41 Å². The fourth-order valence-corrected chi connectivity index (χ4v) is 2.49. The Bertz CT molecular complexity index is 497. The Labute approximate surface area is 107 Å². The number of aromatic nitrogens is 1. The second-order valence-electron chi connectivity index (χ2n) is 4.99. The molecular weight excluding hydrogens is 228 g/mol. The molecule has 0 bridgehead atoms. The summed E-state index contributed by atoms with van der Waals surface area (Å²) in [5.74, 6) is 0. The smallest absolute Gasteiger partial charge is 0.100 e. The number of thiazole rings is 1. The van der Waals surface area contributed by atoms with Crippen molar-refractivity contribution in [3.63, 3.8) is 0 Å². The zero-order valence-electron chi connectivity index (χ0n) is 10.5. The number of nitrogens with two attached hydrogens (primary N) is 1. The highest BCUT2D eigenvalue weighted by Gasteiger charge is 2.22. The highest BCUT2D eigenvalue weighted by molar-refractivity contribution is 7.10. The van der Waals surface area contributed by atoms with Crippen LogP contribution in [0.15, 0.2) is 29.6 Å². The van der Waals surface area contributed by atoms with Gasteiger partial charge in [-0.05, 0) is 6.92 Å². The summed E-state index contributed by atoms with van der Waals surface area (Å²) >= 11 is 1.69. The lowest BCUT2D eigenvalue weighted by molar-refractivity contribution is 0.536. The van der Waals surface area contributed by atoms with E-state index in [9.17, 15) is 0 Å². The van der Waals surface area contributed by atoms with Crippen molar-refractivity contribution in [2.24, 2.45) is 5.73 Å². The molecule has 2 aromatic rings. The molecule has 0 radical (unpaired) electrons. The van der Waals surface area contributed by atoms with Crippen molar-refractivity contribution < 1.29 is 0 Å². The molecule has 1 aromatic heterocycles. The first-order valence-corrected chi connectivity index (χ1v) is 6.64. The molecule has 0 unspecified atom stereocenters. The van der Waals surface area contributed by atoms with Crippen LogP contribution in [0.1, 0.15) is 24.4 Å². The Balaban J connectivity index is 2.33. The Hall–Kier alpha value is -1.19. The van der Waals surface area contributed by atoms with E-state index in [0.717, 1.165) is 10.7 Å². The van der Waals surface area contributed by atoms with Gasteiger partial charge in [-0.3, -0.25) is 0 Å². The molecule has 0 atom stereocenters. The number of hydrogen-bond acceptors (Lipinski definition) is 3. The molecule has 0 fully saturated rings. The second kappa shape index (κ2) is 4.59. The van der Waals surface area contributed by atoms with Crippen LogP contribution in [0.5, 0.6) is 0 Å². The van der Waals surface area contributed by atoms with Crippen molar-refractivity contribution in [2.75, 3.05) is 6.54 Å². The second-order valence-corrected chi connectivity index (χ2v) is 5.85. The molecule has 17 heavy (non-hydrogen) atoms. The fourth-order valence-electron chi connectivity index (χ4n) is 1.53. The minimum Gasteiger partial charge on any atom is -0.330 e. The van der Waals surface area contributed by atoms with Crippen LogP contribution < -0.4 is 5.73 Å². The molecule has 0 aliphatic carbocycles. The first-order chi connectivity index (χ1) is 8.03. The third-order valence-electron chi connectivity index (χ3n) is 2.94. The quantitative estimate of drug-likeness (QED) is 0.902. The van der Waals surface area contributed by atoms with E-state index in [2.05, 4.69) is 50.4 Å².